The second-order valence-electron chi connectivity index (χ2n) is 3.84. The maximum absolute atomic E-state index is 13.0. The number of fused-ring (bicyclic) bond motifs is 1. The van der Waals surface area contributed by atoms with Crippen LogP contribution in [0.3, 0.4) is 0 Å². The number of hydrogen-bond donors (Lipinski definition) is 0. The SMILES string of the molecule is CC(C)c1c(Br)cnc2cc(F)ccc12. The van der Waals surface area contributed by atoms with Gasteiger partial charge in [0.1, 0.15) is 5.82 Å². The summed E-state index contributed by atoms with van der Waals surface area (Å²) < 4.78 is 14.0. The van der Waals surface area contributed by atoms with E-state index >= 15 is 0 Å². The number of aromatic nitrogens is 1. The molecule has 3 heteroatoms. The minimum Gasteiger partial charge on any atom is -0.255 e. The van der Waals surface area contributed by atoms with Gasteiger partial charge in [-0.3, -0.25) is 4.98 Å². The number of pyridine rings is 1. The molecule has 0 fully saturated rings. The Morgan fingerprint density at radius 3 is 2.73 bits per heavy atom. The molecule has 78 valence electrons. The summed E-state index contributed by atoms with van der Waals surface area (Å²) in [5.41, 5.74) is 1.89. The Kier molecular flexibility index (Phi) is 2.74. The van der Waals surface area contributed by atoms with Crippen molar-refractivity contribution in [3.05, 3.63) is 40.2 Å². The average Bonchev–Trinajstić information content (AvgIpc) is 2.17. The van der Waals surface area contributed by atoms with Crippen molar-refractivity contribution < 1.29 is 4.39 Å². The second kappa shape index (κ2) is 3.89. The van der Waals surface area contributed by atoms with Crippen LogP contribution in [0.4, 0.5) is 4.39 Å². The Morgan fingerprint density at radius 1 is 1.33 bits per heavy atom. The summed E-state index contributed by atoms with van der Waals surface area (Å²) in [6.45, 7) is 4.23. The predicted octanol–water partition coefficient (Wildman–Crippen LogP) is 4.26. The molecule has 0 N–H and O–H groups in total. The smallest absolute Gasteiger partial charge is 0.125 e. The molecular formula is C12H11BrFN. The molecule has 15 heavy (non-hydrogen) atoms. The third kappa shape index (κ3) is 1.88. The molecule has 0 saturated heterocycles. The lowest BCUT2D eigenvalue weighted by Crippen LogP contribution is -1.94. The molecule has 0 amide bonds. The van der Waals surface area contributed by atoms with Crippen LogP contribution in [0.2, 0.25) is 0 Å². The van der Waals surface area contributed by atoms with E-state index in [9.17, 15) is 4.39 Å². The van der Waals surface area contributed by atoms with Gasteiger partial charge in [0, 0.05) is 22.1 Å². The molecule has 0 saturated carbocycles. The first-order valence-electron chi connectivity index (χ1n) is 4.83. The minimum absolute atomic E-state index is 0.243. The first-order valence-corrected chi connectivity index (χ1v) is 5.62. The molecule has 0 radical (unpaired) electrons. The van der Waals surface area contributed by atoms with Gasteiger partial charge < -0.3 is 0 Å². The lowest BCUT2D eigenvalue weighted by molar-refractivity contribution is 0.629. The summed E-state index contributed by atoms with van der Waals surface area (Å²) >= 11 is 3.48. The fourth-order valence-corrected chi connectivity index (χ4v) is 2.52. The van der Waals surface area contributed by atoms with Crippen molar-refractivity contribution in [2.75, 3.05) is 0 Å². The Balaban J connectivity index is 2.82. The molecule has 1 aromatic heterocycles. The molecule has 1 aromatic carbocycles. The Bertz CT molecular complexity index is 508. The summed E-state index contributed by atoms with van der Waals surface area (Å²) in [7, 11) is 0. The van der Waals surface area contributed by atoms with Crippen LogP contribution in [0, 0.1) is 5.82 Å². The number of nitrogens with zero attached hydrogens (tertiary/aromatic N) is 1. The summed E-state index contributed by atoms with van der Waals surface area (Å²) in [4.78, 5) is 4.20. The molecule has 2 aromatic rings. The standard InChI is InChI=1S/C12H11BrFN/c1-7(2)12-9-4-3-8(14)5-11(9)15-6-10(12)13/h3-7H,1-2H3. The van der Waals surface area contributed by atoms with Crippen LogP contribution in [0.15, 0.2) is 28.9 Å². The monoisotopic (exact) mass is 267 g/mol. The molecule has 0 bridgehead atoms. The van der Waals surface area contributed by atoms with Crippen LogP contribution >= 0.6 is 15.9 Å². The van der Waals surface area contributed by atoms with Gasteiger partial charge in [-0.25, -0.2) is 4.39 Å². The van der Waals surface area contributed by atoms with Crippen LogP contribution in [0.25, 0.3) is 10.9 Å². The van der Waals surface area contributed by atoms with E-state index in [4.69, 9.17) is 0 Å². The molecular weight excluding hydrogens is 257 g/mol. The van der Waals surface area contributed by atoms with E-state index in [0.29, 0.717) is 11.4 Å². The zero-order valence-corrected chi connectivity index (χ0v) is 10.2. The van der Waals surface area contributed by atoms with E-state index < -0.39 is 0 Å². The van der Waals surface area contributed by atoms with Crippen molar-refractivity contribution >= 4 is 26.8 Å². The van der Waals surface area contributed by atoms with Gasteiger partial charge in [0.15, 0.2) is 0 Å². The van der Waals surface area contributed by atoms with E-state index in [-0.39, 0.29) is 5.82 Å². The van der Waals surface area contributed by atoms with Crippen LogP contribution < -0.4 is 0 Å². The van der Waals surface area contributed by atoms with Gasteiger partial charge in [0.05, 0.1) is 5.52 Å². The Morgan fingerprint density at radius 2 is 2.07 bits per heavy atom. The van der Waals surface area contributed by atoms with Crippen LogP contribution in [0.1, 0.15) is 25.3 Å². The van der Waals surface area contributed by atoms with Gasteiger partial charge in [-0.1, -0.05) is 13.8 Å². The Hall–Kier alpha value is -0.960. The highest BCUT2D eigenvalue weighted by atomic mass is 79.9. The van der Waals surface area contributed by atoms with Crippen LogP contribution in [-0.2, 0) is 0 Å². The second-order valence-corrected chi connectivity index (χ2v) is 4.69. The summed E-state index contributed by atoms with van der Waals surface area (Å²) in [5.74, 6) is 0.141. The number of halogens is 2. The molecule has 1 nitrogen and oxygen atoms in total. The van der Waals surface area contributed by atoms with Crippen molar-refractivity contribution in [1.82, 2.24) is 4.98 Å². The van der Waals surface area contributed by atoms with E-state index in [1.807, 2.05) is 0 Å². The third-order valence-electron chi connectivity index (χ3n) is 2.40. The summed E-state index contributed by atoms with van der Waals surface area (Å²) in [5, 5.41) is 1.01. The van der Waals surface area contributed by atoms with E-state index in [1.54, 1.807) is 12.3 Å². The largest absolute Gasteiger partial charge is 0.255 e. The van der Waals surface area contributed by atoms with Gasteiger partial charge in [0.2, 0.25) is 0 Å². The normalized spacial score (nSPS) is 11.3. The minimum atomic E-state index is -0.243. The highest BCUT2D eigenvalue weighted by molar-refractivity contribution is 9.10. The van der Waals surface area contributed by atoms with Crippen molar-refractivity contribution in [3.63, 3.8) is 0 Å². The molecule has 0 aliphatic rings. The molecule has 1 heterocycles. The first-order chi connectivity index (χ1) is 7.09. The van der Waals surface area contributed by atoms with E-state index in [0.717, 1.165) is 9.86 Å². The van der Waals surface area contributed by atoms with E-state index in [1.165, 1.54) is 17.7 Å². The predicted molar refractivity (Wildman–Crippen MR) is 63.5 cm³/mol. The van der Waals surface area contributed by atoms with Crippen molar-refractivity contribution in [1.29, 1.82) is 0 Å². The number of rotatable bonds is 1. The van der Waals surface area contributed by atoms with Crippen molar-refractivity contribution in [3.8, 4) is 0 Å². The highest BCUT2D eigenvalue weighted by Gasteiger charge is 2.10. The quantitative estimate of drug-likeness (QED) is 0.753. The molecule has 0 spiro atoms. The van der Waals surface area contributed by atoms with Crippen LogP contribution in [0.5, 0.6) is 0 Å². The fourth-order valence-electron chi connectivity index (χ4n) is 1.75. The van der Waals surface area contributed by atoms with Gasteiger partial charge in [-0.15, -0.1) is 0 Å². The average molecular weight is 268 g/mol. The van der Waals surface area contributed by atoms with Gasteiger partial charge in [0.25, 0.3) is 0 Å². The zero-order valence-electron chi connectivity index (χ0n) is 8.59. The van der Waals surface area contributed by atoms with Crippen LogP contribution in [-0.4, -0.2) is 4.98 Å². The van der Waals surface area contributed by atoms with Gasteiger partial charge in [-0.05, 0) is 39.5 Å². The topological polar surface area (TPSA) is 12.9 Å². The maximum atomic E-state index is 13.0. The Labute approximate surface area is 96.5 Å². The molecule has 0 unspecified atom stereocenters. The molecule has 0 aliphatic carbocycles. The number of benzene rings is 1. The molecule has 0 aliphatic heterocycles. The zero-order chi connectivity index (χ0) is 11.0. The van der Waals surface area contributed by atoms with Crippen molar-refractivity contribution in [2.24, 2.45) is 0 Å². The molecule has 0 atom stereocenters. The van der Waals surface area contributed by atoms with Crippen molar-refractivity contribution in [2.45, 2.75) is 19.8 Å². The maximum Gasteiger partial charge on any atom is 0.125 e. The van der Waals surface area contributed by atoms with E-state index in [2.05, 4.69) is 34.8 Å². The third-order valence-corrected chi connectivity index (χ3v) is 3.03. The fraction of sp³-hybridized carbons (Fsp3) is 0.250. The summed E-state index contributed by atoms with van der Waals surface area (Å²) in [6.07, 6.45) is 1.73. The van der Waals surface area contributed by atoms with Gasteiger partial charge in [-0.2, -0.15) is 0 Å². The number of hydrogen-bond acceptors (Lipinski definition) is 1. The lowest BCUT2D eigenvalue weighted by atomic mass is 9.99. The highest BCUT2D eigenvalue weighted by Crippen LogP contribution is 2.31. The summed E-state index contributed by atoms with van der Waals surface area (Å²) in [6, 6.07) is 4.73. The lowest BCUT2D eigenvalue weighted by Gasteiger charge is -2.11. The first kappa shape index (κ1) is 10.6. The molecule has 2 rings (SSSR count). The van der Waals surface area contributed by atoms with Gasteiger partial charge >= 0.3 is 0 Å².